The van der Waals surface area contributed by atoms with Gasteiger partial charge in [0.15, 0.2) is 0 Å². The summed E-state index contributed by atoms with van der Waals surface area (Å²) in [5.74, 6) is -1.60. The maximum atomic E-state index is 12.7. The van der Waals surface area contributed by atoms with Gasteiger partial charge in [-0.15, -0.1) is 0 Å². The normalized spacial score (nSPS) is 10.9. The Bertz CT molecular complexity index is 1150. The van der Waals surface area contributed by atoms with Gasteiger partial charge in [0.1, 0.15) is 0 Å². The van der Waals surface area contributed by atoms with Gasteiger partial charge in [-0.1, -0.05) is 29.8 Å². The summed E-state index contributed by atoms with van der Waals surface area (Å²) in [7, 11) is -3.87. The Kier molecular flexibility index (Phi) is 5.65. The minimum absolute atomic E-state index is 0.0857. The molecular formula is C21H18N2O5S. The van der Waals surface area contributed by atoms with Crippen LogP contribution in [0.25, 0.3) is 0 Å². The molecule has 1 amide bonds. The van der Waals surface area contributed by atoms with Crippen LogP contribution in [-0.2, 0) is 10.0 Å². The predicted molar refractivity (Wildman–Crippen MR) is 110 cm³/mol. The number of carboxylic acids is 1. The van der Waals surface area contributed by atoms with Gasteiger partial charge in [-0.25, -0.2) is 13.2 Å². The molecule has 29 heavy (non-hydrogen) atoms. The molecule has 0 unspecified atom stereocenters. The fraction of sp³-hybridized carbons (Fsp3) is 0.0476. The summed E-state index contributed by atoms with van der Waals surface area (Å²) in [6.07, 6.45) is 0. The van der Waals surface area contributed by atoms with Crippen molar-refractivity contribution in [1.82, 2.24) is 0 Å². The molecule has 0 spiro atoms. The van der Waals surface area contributed by atoms with E-state index >= 15 is 0 Å². The monoisotopic (exact) mass is 410 g/mol. The van der Waals surface area contributed by atoms with E-state index in [1.807, 2.05) is 6.92 Å². The quantitative estimate of drug-likeness (QED) is 0.573. The van der Waals surface area contributed by atoms with E-state index in [0.29, 0.717) is 5.69 Å². The van der Waals surface area contributed by atoms with E-state index in [-0.39, 0.29) is 21.7 Å². The van der Waals surface area contributed by atoms with E-state index in [0.717, 1.165) is 5.56 Å². The van der Waals surface area contributed by atoms with Crippen LogP contribution in [0, 0.1) is 6.92 Å². The third-order valence-electron chi connectivity index (χ3n) is 4.14. The van der Waals surface area contributed by atoms with Gasteiger partial charge in [0.05, 0.1) is 21.7 Å². The number of anilines is 2. The summed E-state index contributed by atoms with van der Waals surface area (Å²) in [5.41, 5.74) is 1.67. The Hall–Kier alpha value is -3.65. The first-order chi connectivity index (χ1) is 13.8. The third-order valence-corrected chi connectivity index (χ3v) is 5.52. The van der Waals surface area contributed by atoms with Crippen molar-refractivity contribution in [3.63, 3.8) is 0 Å². The first kappa shape index (κ1) is 20.1. The summed E-state index contributed by atoms with van der Waals surface area (Å²) >= 11 is 0. The van der Waals surface area contributed by atoms with Gasteiger partial charge < -0.3 is 10.4 Å². The van der Waals surface area contributed by atoms with Crippen LogP contribution in [-0.4, -0.2) is 25.4 Å². The topological polar surface area (TPSA) is 113 Å². The van der Waals surface area contributed by atoms with E-state index in [1.54, 1.807) is 24.3 Å². The molecule has 7 nitrogen and oxygen atoms in total. The molecule has 3 N–H and O–H groups in total. The SMILES string of the molecule is Cc1ccc(S(=O)(=O)Nc2ccccc2C(=O)Nc2ccc(C(=O)O)cc2)cc1. The number of hydrogen-bond donors (Lipinski definition) is 3. The van der Waals surface area contributed by atoms with Crippen LogP contribution in [0.4, 0.5) is 11.4 Å². The summed E-state index contributed by atoms with van der Waals surface area (Å²) in [5, 5.41) is 11.6. The molecule has 0 radical (unpaired) electrons. The zero-order chi connectivity index (χ0) is 21.0. The number of nitrogens with one attached hydrogen (secondary N) is 2. The molecule has 148 valence electrons. The Labute approximate surface area is 168 Å². The molecule has 0 aliphatic heterocycles. The molecule has 3 rings (SSSR count). The lowest BCUT2D eigenvalue weighted by atomic mass is 10.1. The molecule has 8 heteroatoms. The summed E-state index contributed by atoms with van der Waals surface area (Å²) in [6.45, 7) is 1.85. The summed E-state index contributed by atoms with van der Waals surface area (Å²) < 4.78 is 27.7. The van der Waals surface area contributed by atoms with Gasteiger partial charge in [-0.2, -0.15) is 0 Å². The molecule has 0 saturated carbocycles. The minimum atomic E-state index is -3.87. The standard InChI is InChI=1S/C21H18N2O5S/c1-14-6-12-17(13-7-14)29(27,28)23-19-5-3-2-4-18(19)20(24)22-16-10-8-15(9-11-16)21(25)26/h2-13,23H,1H3,(H,22,24)(H,25,26). The van der Waals surface area contributed by atoms with Gasteiger partial charge in [0.2, 0.25) is 0 Å². The van der Waals surface area contributed by atoms with Crippen LogP contribution < -0.4 is 10.0 Å². The average Bonchev–Trinajstić information content (AvgIpc) is 2.69. The smallest absolute Gasteiger partial charge is 0.335 e. The number of sulfonamides is 1. The number of aryl methyl sites for hydroxylation is 1. The second-order valence-electron chi connectivity index (χ2n) is 6.30. The van der Waals surface area contributed by atoms with Crippen molar-refractivity contribution in [3.8, 4) is 0 Å². The van der Waals surface area contributed by atoms with E-state index in [1.165, 1.54) is 48.5 Å². The second kappa shape index (κ2) is 8.15. The van der Waals surface area contributed by atoms with Gasteiger partial charge >= 0.3 is 5.97 Å². The number of benzene rings is 3. The van der Waals surface area contributed by atoms with Crippen molar-refractivity contribution in [2.24, 2.45) is 0 Å². The maximum absolute atomic E-state index is 12.7. The molecule has 3 aromatic rings. The molecule has 0 atom stereocenters. The fourth-order valence-corrected chi connectivity index (χ4v) is 3.67. The molecule has 0 aromatic heterocycles. The van der Waals surface area contributed by atoms with Crippen LogP contribution in [0.3, 0.4) is 0 Å². The average molecular weight is 410 g/mol. The van der Waals surface area contributed by atoms with Crippen molar-refractivity contribution >= 4 is 33.3 Å². The van der Waals surface area contributed by atoms with E-state index in [2.05, 4.69) is 10.0 Å². The van der Waals surface area contributed by atoms with Gasteiger partial charge in [-0.05, 0) is 55.5 Å². The zero-order valence-electron chi connectivity index (χ0n) is 15.4. The van der Waals surface area contributed by atoms with E-state index in [4.69, 9.17) is 5.11 Å². The van der Waals surface area contributed by atoms with Crippen molar-refractivity contribution in [2.75, 3.05) is 10.0 Å². The molecule has 0 bridgehead atoms. The second-order valence-corrected chi connectivity index (χ2v) is 7.98. The van der Waals surface area contributed by atoms with E-state index < -0.39 is 21.9 Å². The Morgan fingerprint density at radius 1 is 0.862 bits per heavy atom. The molecular weight excluding hydrogens is 392 g/mol. The Morgan fingerprint density at radius 3 is 2.10 bits per heavy atom. The maximum Gasteiger partial charge on any atom is 0.335 e. The highest BCUT2D eigenvalue weighted by Gasteiger charge is 2.18. The minimum Gasteiger partial charge on any atom is -0.478 e. The van der Waals surface area contributed by atoms with Gasteiger partial charge in [0.25, 0.3) is 15.9 Å². The number of rotatable bonds is 6. The zero-order valence-corrected chi connectivity index (χ0v) is 16.2. The van der Waals surface area contributed by atoms with Gasteiger partial charge in [-0.3, -0.25) is 9.52 Å². The molecule has 0 aliphatic carbocycles. The Morgan fingerprint density at radius 2 is 1.48 bits per heavy atom. The van der Waals surface area contributed by atoms with Crippen molar-refractivity contribution in [2.45, 2.75) is 11.8 Å². The lowest BCUT2D eigenvalue weighted by molar-refractivity contribution is 0.0696. The van der Waals surface area contributed by atoms with Crippen molar-refractivity contribution < 1.29 is 23.1 Å². The molecule has 0 heterocycles. The first-order valence-electron chi connectivity index (χ1n) is 8.59. The van der Waals surface area contributed by atoms with E-state index in [9.17, 15) is 18.0 Å². The number of carbonyl (C=O) groups is 2. The third kappa shape index (κ3) is 4.80. The highest BCUT2D eigenvalue weighted by Crippen LogP contribution is 2.22. The first-order valence-corrected chi connectivity index (χ1v) is 10.1. The summed E-state index contributed by atoms with van der Waals surface area (Å²) in [4.78, 5) is 23.7. The fourth-order valence-electron chi connectivity index (χ4n) is 2.59. The van der Waals surface area contributed by atoms with Crippen molar-refractivity contribution in [3.05, 3.63) is 89.5 Å². The molecule has 0 saturated heterocycles. The molecule has 0 fully saturated rings. The highest BCUT2D eigenvalue weighted by molar-refractivity contribution is 7.92. The highest BCUT2D eigenvalue weighted by atomic mass is 32.2. The number of hydrogen-bond acceptors (Lipinski definition) is 4. The number of amides is 1. The van der Waals surface area contributed by atoms with Crippen LogP contribution in [0.15, 0.2) is 77.7 Å². The molecule has 0 aliphatic rings. The van der Waals surface area contributed by atoms with Crippen LogP contribution >= 0.6 is 0 Å². The number of aromatic carboxylic acids is 1. The lowest BCUT2D eigenvalue weighted by Crippen LogP contribution is -2.18. The number of carbonyl (C=O) groups excluding carboxylic acids is 1. The number of carboxylic acid groups (broad SMARTS) is 1. The van der Waals surface area contributed by atoms with Crippen LogP contribution in [0.2, 0.25) is 0 Å². The van der Waals surface area contributed by atoms with Gasteiger partial charge in [0, 0.05) is 5.69 Å². The predicted octanol–water partition coefficient (Wildman–Crippen LogP) is 3.75. The molecule has 3 aromatic carbocycles. The Balaban J connectivity index is 1.83. The van der Waals surface area contributed by atoms with Crippen LogP contribution in [0.5, 0.6) is 0 Å². The van der Waals surface area contributed by atoms with Crippen molar-refractivity contribution in [1.29, 1.82) is 0 Å². The van der Waals surface area contributed by atoms with Crippen LogP contribution in [0.1, 0.15) is 26.3 Å². The summed E-state index contributed by atoms with van der Waals surface area (Å²) in [6, 6.07) is 18.2. The number of para-hydroxylation sites is 1. The largest absolute Gasteiger partial charge is 0.478 e. The lowest BCUT2D eigenvalue weighted by Gasteiger charge is -2.13.